The quantitative estimate of drug-likeness (QED) is 0.198. The van der Waals surface area contributed by atoms with Crippen LogP contribution in [0.3, 0.4) is 0 Å². The number of aryl methyl sites for hydroxylation is 1. The second kappa shape index (κ2) is 14.4. The fourth-order valence-corrected chi connectivity index (χ4v) is 4.17. The van der Waals surface area contributed by atoms with Crippen LogP contribution in [0.15, 0.2) is 23.0 Å². The lowest BCUT2D eigenvalue weighted by Gasteiger charge is -2.21. The zero-order chi connectivity index (χ0) is 28.4. The number of imidazole rings is 1. The molecule has 0 aliphatic carbocycles. The summed E-state index contributed by atoms with van der Waals surface area (Å²) in [5, 5.41) is 2.32. The molecule has 0 saturated carbocycles. The van der Waals surface area contributed by atoms with Crippen molar-refractivity contribution >= 4 is 28.8 Å². The van der Waals surface area contributed by atoms with Gasteiger partial charge >= 0.3 is 11.7 Å². The Balaban J connectivity index is 1.29. The Morgan fingerprint density at radius 2 is 1.54 bits per heavy atom. The lowest BCUT2D eigenvalue weighted by molar-refractivity contribution is -0.160. The Hall–Kier alpha value is -3.06. The molecule has 1 aliphatic rings. The third kappa shape index (κ3) is 9.27. The molecule has 216 valence electrons. The number of amides is 2. The Bertz CT molecular complexity index is 1200. The zero-order valence-corrected chi connectivity index (χ0v) is 23.2. The number of benzene rings is 1. The molecule has 1 aliphatic heterocycles. The smallest absolute Gasteiger partial charge is 0.332 e. The number of imide groups is 1. The van der Waals surface area contributed by atoms with E-state index in [1.54, 1.807) is 27.8 Å². The molecular formula is C27H39N3O9. The number of hydrogen-bond donors (Lipinski definition) is 1. The monoisotopic (exact) mass is 549 g/mol. The maximum atomic E-state index is 12.9. The molecule has 1 unspecified atom stereocenters. The molecule has 0 bridgehead atoms. The van der Waals surface area contributed by atoms with Crippen LogP contribution in [-0.2, 0) is 51.5 Å². The van der Waals surface area contributed by atoms with Crippen LogP contribution in [-0.4, -0.2) is 85.4 Å². The maximum Gasteiger partial charge on any atom is 0.332 e. The van der Waals surface area contributed by atoms with Gasteiger partial charge in [-0.1, -0.05) is 6.07 Å². The largest absolute Gasteiger partial charge is 0.458 e. The first-order chi connectivity index (χ1) is 18.6. The highest BCUT2D eigenvalue weighted by atomic mass is 16.6. The van der Waals surface area contributed by atoms with E-state index in [1.165, 1.54) is 9.13 Å². The predicted molar refractivity (Wildman–Crippen MR) is 141 cm³/mol. The van der Waals surface area contributed by atoms with Crippen molar-refractivity contribution in [2.75, 3.05) is 52.9 Å². The molecule has 2 heterocycles. The normalized spacial score (nSPS) is 16.1. The highest BCUT2D eigenvalue weighted by Gasteiger charge is 2.31. The van der Waals surface area contributed by atoms with E-state index in [4.69, 9.17) is 23.7 Å². The van der Waals surface area contributed by atoms with E-state index in [0.717, 1.165) is 11.1 Å². The number of nitrogens with one attached hydrogen (secondary N) is 1. The van der Waals surface area contributed by atoms with E-state index in [-0.39, 0.29) is 24.6 Å². The summed E-state index contributed by atoms with van der Waals surface area (Å²) in [6, 6.07) is 4.98. The Morgan fingerprint density at radius 3 is 2.15 bits per heavy atom. The summed E-state index contributed by atoms with van der Waals surface area (Å²) in [7, 11) is 1.67. The SMILES string of the molecule is Cn1c(=O)n(C2CCC(=O)NC2=O)c2ccc(CCOCCOCCOCCOCC(=O)OC(C)(C)C)cc21. The minimum atomic E-state index is -0.698. The van der Waals surface area contributed by atoms with Gasteiger partial charge in [-0.2, -0.15) is 0 Å². The summed E-state index contributed by atoms with van der Waals surface area (Å²) in [5.74, 6) is -1.17. The molecule has 1 fully saturated rings. The van der Waals surface area contributed by atoms with Crippen molar-refractivity contribution in [3.63, 3.8) is 0 Å². The molecule has 1 N–H and O–H groups in total. The van der Waals surface area contributed by atoms with Crippen molar-refractivity contribution in [3.8, 4) is 0 Å². The lowest BCUT2D eigenvalue weighted by atomic mass is 10.1. The number of esters is 1. The minimum absolute atomic E-state index is 0.102. The third-order valence-corrected chi connectivity index (χ3v) is 5.97. The van der Waals surface area contributed by atoms with E-state index < -0.39 is 23.5 Å². The fraction of sp³-hybridized carbons (Fsp3) is 0.630. The summed E-state index contributed by atoms with van der Waals surface area (Å²) in [6.07, 6.45) is 1.16. The third-order valence-electron chi connectivity index (χ3n) is 5.97. The molecule has 1 saturated heterocycles. The number of aromatic nitrogens is 2. The molecule has 1 aromatic heterocycles. The van der Waals surface area contributed by atoms with Crippen LogP contribution in [0, 0.1) is 0 Å². The molecule has 12 heteroatoms. The molecular weight excluding hydrogens is 510 g/mol. The second-order valence-corrected chi connectivity index (χ2v) is 10.2. The van der Waals surface area contributed by atoms with E-state index in [1.807, 2.05) is 18.2 Å². The number of hydrogen-bond acceptors (Lipinski definition) is 9. The van der Waals surface area contributed by atoms with Gasteiger partial charge in [-0.05, 0) is 51.3 Å². The van der Waals surface area contributed by atoms with Gasteiger partial charge in [-0.3, -0.25) is 24.0 Å². The molecule has 1 aromatic carbocycles. The van der Waals surface area contributed by atoms with Crippen molar-refractivity contribution < 1.29 is 38.1 Å². The number of nitrogens with zero attached hydrogens (tertiary/aromatic N) is 2. The van der Waals surface area contributed by atoms with Crippen LogP contribution < -0.4 is 11.0 Å². The second-order valence-electron chi connectivity index (χ2n) is 10.2. The molecule has 12 nitrogen and oxygen atoms in total. The molecule has 3 rings (SSSR count). The average molecular weight is 550 g/mol. The standard InChI is InChI=1S/C27H39N3O9/c1-27(2,3)39-24(32)18-38-16-15-37-14-13-36-12-11-35-10-9-19-5-6-20-22(17-19)29(4)26(34)30(20)21-7-8-23(31)28-25(21)33/h5-6,17,21H,7-16,18H2,1-4H3,(H,28,31,33). The van der Waals surface area contributed by atoms with Gasteiger partial charge in [0.2, 0.25) is 11.8 Å². The minimum Gasteiger partial charge on any atom is -0.458 e. The van der Waals surface area contributed by atoms with Crippen LogP contribution in [0.2, 0.25) is 0 Å². The van der Waals surface area contributed by atoms with E-state index in [9.17, 15) is 19.2 Å². The fourth-order valence-electron chi connectivity index (χ4n) is 4.17. The average Bonchev–Trinajstić information content (AvgIpc) is 3.10. The van der Waals surface area contributed by atoms with Gasteiger partial charge in [0.25, 0.3) is 0 Å². The summed E-state index contributed by atoms with van der Waals surface area (Å²) in [4.78, 5) is 48.2. The number of rotatable bonds is 15. The van der Waals surface area contributed by atoms with Crippen molar-refractivity contribution in [1.82, 2.24) is 14.5 Å². The van der Waals surface area contributed by atoms with Gasteiger partial charge < -0.3 is 23.7 Å². The van der Waals surface area contributed by atoms with Crippen LogP contribution in [0.4, 0.5) is 0 Å². The first kappa shape index (κ1) is 30.5. The van der Waals surface area contributed by atoms with Crippen molar-refractivity contribution in [3.05, 3.63) is 34.2 Å². The van der Waals surface area contributed by atoms with Crippen molar-refractivity contribution in [2.45, 2.75) is 51.7 Å². The van der Waals surface area contributed by atoms with Gasteiger partial charge in [0, 0.05) is 13.5 Å². The van der Waals surface area contributed by atoms with Gasteiger partial charge in [0.05, 0.1) is 57.3 Å². The highest BCUT2D eigenvalue weighted by Crippen LogP contribution is 2.23. The molecule has 1 atom stereocenters. The van der Waals surface area contributed by atoms with Crippen LogP contribution in [0.25, 0.3) is 11.0 Å². The molecule has 2 amide bonds. The highest BCUT2D eigenvalue weighted by molar-refractivity contribution is 6.00. The van der Waals surface area contributed by atoms with E-state index in [0.29, 0.717) is 64.6 Å². The predicted octanol–water partition coefficient (Wildman–Crippen LogP) is 1.27. The van der Waals surface area contributed by atoms with E-state index >= 15 is 0 Å². The number of fused-ring (bicyclic) bond motifs is 1. The number of carbonyl (C=O) groups excluding carboxylic acids is 3. The van der Waals surface area contributed by atoms with E-state index in [2.05, 4.69) is 5.32 Å². The zero-order valence-electron chi connectivity index (χ0n) is 23.2. The van der Waals surface area contributed by atoms with Gasteiger partial charge in [0.15, 0.2) is 0 Å². The van der Waals surface area contributed by atoms with Gasteiger partial charge in [-0.15, -0.1) is 0 Å². The van der Waals surface area contributed by atoms with Crippen molar-refractivity contribution in [1.29, 1.82) is 0 Å². The van der Waals surface area contributed by atoms with Crippen LogP contribution in [0.5, 0.6) is 0 Å². The molecule has 2 aromatic rings. The summed E-state index contributed by atoms with van der Waals surface area (Å²) >= 11 is 0. The van der Waals surface area contributed by atoms with Crippen molar-refractivity contribution in [2.24, 2.45) is 7.05 Å². The number of ether oxygens (including phenoxy) is 5. The Labute approximate surface area is 227 Å². The first-order valence-electron chi connectivity index (χ1n) is 13.1. The Morgan fingerprint density at radius 1 is 0.923 bits per heavy atom. The molecule has 39 heavy (non-hydrogen) atoms. The topological polar surface area (TPSA) is 136 Å². The molecule has 0 radical (unpaired) electrons. The van der Waals surface area contributed by atoms with Gasteiger partial charge in [0.1, 0.15) is 18.2 Å². The number of carbonyl (C=O) groups is 3. The van der Waals surface area contributed by atoms with Crippen LogP contribution in [0.1, 0.15) is 45.2 Å². The lowest BCUT2D eigenvalue weighted by Crippen LogP contribution is -2.44. The first-order valence-corrected chi connectivity index (χ1v) is 13.1. The summed E-state index contributed by atoms with van der Waals surface area (Å²) in [5.41, 5.74) is 1.57. The maximum absolute atomic E-state index is 12.9. The number of piperidine rings is 1. The summed E-state index contributed by atoms with van der Waals surface area (Å²) < 4.78 is 29.9. The summed E-state index contributed by atoms with van der Waals surface area (Å²) in [6.45, 7) is 8.15. The van der Waals surface area contributed by atoms with Crippen LogP contribution >= 0.6 is 0 Å². The Kier molecular flexibility index (Phi) is 11.2. The van der Waals surface area contributed by atoms with Gasteiger partial charge in [-0.25, -0.2) is 9.59 Å². The molecule has 0 spiro atoms.